The molecule has 0 atom stereocenters. The molecule has 0 unspecified atom stereocenters. The van der Waals surface area contributed by atoms with Crippen molar-refractivity contribution < 1.29 is 23.1 Å². The highest BCUT2D eigenvalue weighted by Gasteiger charge is 2.30. The van der Waals surface area contributed by atoms with Crippen LogP contribution in [0.1, 0.15) is 34.9 Å². The number of aromatic nitrogens is 3. The summed E-state index contributed by atoms with van der Waals surface area (Å²) in [4.78, 5) is 45.9. The normalized spacial score (nSPS) is 13.2. The number of fused-ring (bicyclic) bond motifs is 1. The van der Waals surface area contributed by atoms with Gasteiger partial charge in [0, 0.05) is 17.8 Å². The van der Waals surface area contributed by atoms with Crippen LogP contribution in [0.25, 0.3) is 11.0 Å². The second-order valence-electron chi connectivity index (χ2n) is 7.26. The van der Waals surface area contributed by atoms with E-state index in [1.165, 1.54) is 13.2 Å². The molecule has 1 aromatic carbocycles. The Labute approximate surface area is 185 Å². The van der Waals surface area contributed by atoms with Crippen molar-refractivity contribution in [2.75, 3.05) is 18.2 Å². The minimum Gasteiger partial charge on any atom is -0.465 e. The van der Waals surface area contributed by atoms with Crippen LogP contribution in [0.5, 0.6) is 0 Å². The molecule has 166 valence electrons. The van der Waals surface area contributed by atoms with Crippen LogP contribution in [-0.4, -0.2) is 39.3 Å². The molecule has 1 amide bonds. The van der Waals surface area contributed by atoms with Crippen LogP contribution in [0.15, 0.2) is 34.2 Å². The molecule has 2 aromatic heterocycles. The molecule has 1 aliphatic carbocycles. The fourth-order valence-corrected chi connectivity index (χ4v) is 4.13. The third kappa shape index (κ3) is 4.33. The number of carbonyl (C=O) groups excluding carboxylic acids is 2. The summed E-state index contributed by atoms with van der Waals surface area (Å²) >= 11 is 0.994. The van der Waals surface area contributed by atoms with Gasteiger partial charge < -0.3 is 14.6 Å². The van der Waals surface area contributed by atoms with Crippen LogP contribution < -0.4 is 10.9 Å². The second-order valence-corrected chi connectivity index (χ2v) is 8.21. The number of hydrogen-bond donors (Lipinski definition) is 1. The Morgan fingerprint density at radius 3 is 2.66 bits per heavy atom. The maximum Gasteiger partial charge on any atom is 0.338 e. The number of carbonyl (C=O) groups is 2. The first-order valence-corrected chi connectivity index (χ1v) is 10.7. The summed E-state index contributed by atoms with van der Waals surface area (Å²) in [5, 5.41) is 2.71. The summed E-state index contributed by atoms with van der Waals surface area (Å²) in [7, 11) is 1.23. The van der Waals surface area contributed by atoms with Crippen LogP contribution in [0.2, 0.25) is 0 Å². The molecule has 0 bridgehead atoms. The van der Waals surface area contributed by atoms with Crippen molar-refractivity contribution in [3.63, 3.8) is 0 Å². The number of benzene rings is 1. The summed E-state index contributed by atoms with van der Waals surface area (Å²) in [6.45, 7) is 1.70. The average Bonchev–Trinajstić information content (AvgIpc) is 3.58. The quantitative estimate of drug-likeness (QED) is 0.342. The van der Waals surface area contributed by atoms with Crippen molar-refractivity contribution in [3.8, 4) is 0 Å². The number of esters is 1. The summed E-state index contributed by atoms with van der Waals surface area (Å²) in [5.74, 6) is -3.03. The SMILES string of the molecule is COC(=O)c1cc(C)nc2c1c(=O)nc(SCC(=O)Nc1ccc(F)cc1F)n2C1CC1. The molecule has 1 N–H and O–H groups in total. The number of nitrogens with one attached hydrogen (secondary N) is 1. The van der Waals surface area contributed by atoms with Crippen LogP contribution in [-0.2, 0) is 9.53 Å². The Morgan fingerprint density at radius 2 is 2.00 bits per heavy atom. The fourth-order valence-electron chi connectivity index (χ4n) is 3.27. The number of rotatable bonds is 6. The Bertz CT molecular complexity index is 1310. The molecule has 1 aliphatic rings. The van der Waals surface area contributed by atoms with E-state index in [0.717, 1.165) is 36.7 Å². The van der Waals surface area contributed by atoms with Crippen LogP contribution in [0, 0.1) is 18.6 Å². The molecule has 32 heavy (non-hydrogen) atoms. The maximum atomic E-state index is 13.8. The van der Waals surface area contributed by atoms with E-state index in [9.17, 15) is 23.2 Å². The average molecular weight is 460 g/mol. The fraction of sp³-hybridized carbons (Fsp3) is 0.286. The van der Waals surface area contributed by atoms with Crippen LogP contribution >= 0.6 is 11.8 Å². The molecule has 0 radical (unpaired) electrons. The minimum atomic E-state index is -0.892. The van der Waals surface area contributed by atoms with E-state index >= 15 is 0 Å². The molecule has 1 saturated carbocycles. The summed E-state index contributed by atoms with van der Waals surface area (Å²) in [5.41, 5.74) is 0.113. The maximum absolute atomic E-state index is 13.8. The van der Waals surface area contributed by atoms with E-state index in [0.29, 0.717) is 17.4 Å². The predicted molar refractivity (Wildman–Crippen MR) is 114 cm³/mol. The van der Waals surface area contributed by atoms with E-state index < -0.39 is 29.1 Å². The molecule has 0 spiro atoms. The van der Waals surface area contributed by atoms with Gasteiger partial charge in [-0.05, 0) is 38.0 Å². The number of halogens is 2. The Morgan fingerprint density at radius 1 is 1.25 bits per heavy atom. The van der Waals surface area contributed by atoms with Gasteiger partial charge in [0.25, 0.3) is 5.56 Å². The first kappa shape index (κ1) is 21.9. The van der Waals surface area contributed by atoms with Crippen molar-refractivity contribution >= 4 is 40.4 Å². The highest BCUT2D eigenvalue weighted by molar-refractivity contribution is 7.99. The number of ether oxygens (including phenoxy) is 1. The monoisotopic (exact) mass is 460 g/mol. The molecular formula is C21H18F2N4O4S. The molecule has 2 heterocycles. The molecular weight excluding hydrogens is 442 g/mol. The Balaban J connectivity index is 1.67. The van der Waals surface area contributed by atoms with Gasteiger partial charge in [-0.3, -0.25) is 9.59 Å². The van der Waals surface area contributed by atoms with Crippen molar-refractivity contribution in [2.24, 2.45) is 0 Å². The van der Waals surface area contributed by atoms with Gasteiger partial charge in [0.2, 0.25) is 5.91 Å². The summed E-state index contributed by atoms with van der Waals surface area (Å²) in [6, 6.07) is 4.35. The van der Waals surface area contributed by atoms with Crippen LogP contribution in [0.4, 0.5) is 14.5 Å². The minimum absolute atomic E-state index is 0.0329. The van der Waals surface area contributed by atoms with E-state index in [4.69, 9.17) is 4.74 Å². The predicted octanol–water partition coefficient (Wildman–Crippen LogP) is 3.23. The first-order valence-electron chi connectivity index (χ1n) is 9.68. The Hall–Kier alpha value is -3.34. The molecule has 8 nitrogen and oxygen atoms in total. The molecule has 11 heteroatoms. The topological polar surface area (TPSA) is 103 Å². The number of methoxy groups -OCH3 is 1. The lowest BCUT2D eigenvalue weighted by molar-refractivity contribution is -0.113. The number of aryl methyl sites for hydroxylation is 1. The number of pyridine rings is 1. The van der Waals surface area contributed by atoms with Gasteiger partial charge in [-0.1, -0.05) is 11.8 Å². The standard InChI is InChI=1S/C21H18F2N4O4S/c1-10-7-13(20(30)31-2)17-18(24-10)27(12-4-5-12)21(26-19(17)29)32-9-16(28)25-15-6-3-11(22)8-14(15)23/h3,6-8,12H,4-5,9H2,1-2H3,(H,25,28). The van der Waals surface area contributed by atoms with Crippen molar-refractivity contribution in [1.29, 1.82) is 0 Å². The van der Waals surface area contributed by atoms with Gasteiger partial charge in [0.1, 0.15) is 17.3 Å². The molecule has 0 saturated heterocycles. The van der Waals surface area contributed by atoms with E-state index in [1.807, 2.05) is 0 Å². The largest absolute Gasteiger partial charge is 0.465 e. The number of hydrogen-bond acceptors (Lipinski definition) is 7. The van der Waals surface area contributed by atoms with Gasteiger partial charge in [0.15, 0.2) is 5.16 Å². The van der Waals surface area contributed by atoms with Gasteiger partial charge in [-0.15, -0.1) is 0 Å². The van der Waals surface area contributed by atoms with Crippen molar-refractivity contribution in [3.05, 3.63) is 57.5 Å². The van der Waals surface area contributed by atoms with Gasteiger partial charge in [0.05, 0.1) is 29.5 Å². The third-order valence-corrected chi connectivity index (χ3v) is 5.78. The van der Waals surface area contributed by atoms with Crippen molar-refractivity contribution in [1.82, 2.24) is 14.5 Å². The van der Waals surface area contributed by atoms with Crippen molar-refractivity contribution in [2.45, 2.75) is 31.0 Å². The molecule has 4 rings (SSSR count). The van der Waals surface area contributed by atoms with E-state index in [1.54, 1.807) is 11.5 Å². The first-order chi connectivity index (χ1) is 15.3. The Kier molecular flexibility index (Phi) is 5.92. The number of anilines is 1. The smallest absolute Gasteiger partial charge is 0.338 e. The lowest BCUT2D eigenvalue weighted by atomic mass is 10.1. The second kappa shape index (κ2) is 8.65. The zero-order valence-corrected chi connectivity index (χ0v) is 18.0. The summed E-state index contributed by atoms with van der Waals surface area (Å²) < 4.78 is 33.4. The molecule has 0 aliphatic heterocycles. The zero-order chi connectivity index (χ0) is 23.0. The van der Waals surface area contributed by atoms with Gasteiger partial charge >= 0.3 is 5.97 Å². The lowest BCUT2D eigenvalue weighted by Crippen LogP contribution is -2.22. The van der Waals surface area contributed by atoms with Crippen LogP contribution in [0.3, 0.4) is 0 Å². The van der Waals surface area contributed by atoms with E-state index in [-0.39, 0.29) is 33.6 Å². The highest BCUT2D eigenvalue weighted by atomic mass is 32.2. The zero-order valence-electron chi connectivity index (χ0n) is 17.1. The molecule has 1 fully saturated rings. The van der Waals surface area contributed by atoms with E-state index in [2.05, 4.69) is 15.3 Å². The third-order valence-electron chi connectivity index (χ3n) is 4.83. The van der Waals surface area contributed by atoms with Gasteiger partial charge in [-0.25, -0.2) is 18.6 Å². The molecule has 3 aromatic rings. The lowest BCUT2D eigenvalue weighted by Gasteiger charge is -2.15. The number of thioether (sulfide) groups is 1. The number of amides is 1. The number of nitrogens with zero attached hydrogens (tertiary/aromatic N) is 3. The van der Waals surface area contributed by atoms with Gasteiger partial charge in [-0.2, -0.15) is 4.98 Å². The summed E-state index contributed by atoms with van der Waals surface area (Å²) in [6.07, 6.45) is 1.67. The highest BCUT2D eigenvalue weighted by Crippen LogP contribution is 2.39.